The van der Waals surface area contributed by atoms with Gasteiger partial charge in [-0.3, -0.25) is 0 Å². The van der Waals surface area contributed by atoms with Crippen LogP contribution < -0.4 is 0 Å². The van der Waals surface area contributed by atoms with E-state index in [1.807, 2.05) is 0 Å². The topological polar surface area (TPSA) is 0 Å². The van der Waals surface area contributed by atoms with Crippen LogP contribution in [0.25, 0.3) is 0 Å². The van der Waals surface area contributed by atoms with E-state index in [4.69, 9.17) is 0 Å². The summed E-state index contributed by atoms with van der Waals surface area (Å²) in [6, 6.07) is 0. The quantitative estimate of drug-likeness (QED) is 0.491. The maximum Gasteiger partial charge on any atom is 0.0411 e. The predicted octanol–water partition coefficient (Wildman–Crippen LogP) is 3.91. The van der Waals surface area contributed by atoms with Gasteiger partial charge < -0.3 is 0 Å². The molecule has 0 saturated carbocycles. The molecule has 0 aromatic rings. The van der Waals surface area contributed by atoms with E-state index in [1.54, 1.807) is 0 Å². The molecule has 64 valence electrons. The Morgan fingerprint density at radius 1 is 0.400 bits per heavy atom. The zero-order chi connectivity index (χ0) is 9.00. The predicted molar refractivity (Wildman–Crippen MR) is 58.4 cm³/mol. The molecule has 0 fully saturated rings. The van der Waals surface area contributed by atoms with Crippen LogP contribution in [-0.2, 0) is 0 Å². The zero-order valence-electron chi connectivity index (χ0n) is 9.00. The van der Waals surface area contributed by atoms with Crippen molar-refractivity contribution in [3.05, 3.63) is 0 Å². The molecule has 10 heavy (non-hydrogen) atoms. The third-order valence-electron chi connectivity index (χ3n) is 0. The van der Waals surface area contributed by atoms with Gasteiger partial charge in [-0.25, -0.2) is 0 Å². The lowest BCUT2D eigenvalue weighted by Gasteiger charge is -2.01. The Hall–Kier alpha value is 0.434. The second-order valence-corrected chi connectivity index (χ2v) is 18.0. The van der Waals surface area contributed by atoms with Crippen molar-refractivity contribution in [1.29, 1.82) is 0 Å². The van der Waals surface area contributed by atoms with E-state index in [1.165, 1.54) is 0 Å². The molecule has 0 atom stereocenters. The maximum atomic E-state index is 2.33. The number of rotatable bonds is 0. The Morgan fingerprint density at radius 3 is 0.400 bits per heavy atom. The van der Waals surface area contributed by atoms with Gasteiger partial charge in [0.1, 0.15) is 0 Å². The summed E-state index contributed by atoms with van der Waals surface area (Å²) in [5.74, 6) is 0. The smallest absolute Gasteiger partial charge is 0.0411 e. The van der Waals surface area contributed by atoms with E-state index in [9.17, 15) is 0 Å². The van der Waals surface area contributed by atoms with E-state index in [0.717, 1.165) is 0 Å². The second-order valence-electron chi connectivity index (χ2n) is 6.00. The van der Waals surface area contributed by atoms with Crippen molar-refractivity contribution in [2.24, 2.45) is 0 Å². The molecule has 0 bridgehead atoms. The van der Waals surface area contributed by atoms with E-state index in [-0.39, 0.29) is 0 Å². The molecule has 0 aromatic heterocycles. The summed E-state index contributed by atoms with van der Waals surface area (Å²) in [4.78, 5) is 0. The minimum absolute atomic E-state index is 0.611. The third kappa shape index (κ3) is 2480. The molecule has 0 aromatic carbocycles. The highest BCUT2D eigenvalue weighted by Gasteiger charge is 1.99. The zero-order valence-corrected chi connectivity index (χ0v) is 11.0. The largest absolute Gasteiger partial charge is 0.0697 e. The van der Waals surface area contributed by atoms with Crippen LogP contribution in [0, 0.1) is 0 Å². The van der Waals surface area contributed by atoms with Crippen LogP contribution in [0.5, 0.6) is 0 Å². The van der Waals surface area contributed by atoms with Crippen LogP contribution in [-0.4, -0.2) is 16.1 Å². The van der Waals surface area contributed by atoms with Crippen molar-refractivity contribution in [2.45, 2.75) is 52.4 Å². The normalized spacial score (nSPS) is 12.0. The van der Waals surface area contributed by atoms with Crippen LogP contribution >= 0.6 is 0 Å². The van der Waals surface area contributed by atoms with Crippen LogP contribution in [0.4, 0.5) is 0 Å². The van der Waals surface area contributed by atoms with Crippen molar-refractivity contribution in [3.8, 4) is 0 Å². The van der Waals surface area contributed by atoms with Crippen LogP contribution in [0.3, 0.4) is 0 Å². The van der Waals surface area contributed by atoms with E-state index < -0.39 is 16.1 Å². The first-order chi connectivity index (χ1) is 4.00. The highest BCUT2D eigenvalue weighted by Crippen LogP contribution is 1.95. The first kappa shape index (κ1) is 13.1. The summed E-state index contributed by atoms with van der Waals surface area (Å²) in [5.41, 5.74) is 0. The van der Waals surface area contributed by atoms with Gasteiger partial charge in [-0.05, 0) is 0 Å². The average molecular weight is 176 g/mol. The molecule has 0 amide bonds. The summed E-state index contributed by atoms with van der Waals surface area (Å²) >= 11 is 0. The highest BCUT2D eigenvalue weighted by atomic mass is 28.3. The summed E-state index contributed by atoms with van der Waals surface area (Å²) in [5, 5.41) is 0. The lowest BCUT2D eigenvalue weighted by Crippen LogP contribution is -2.10. The van der Waals surface area contributed by atoms with Crippen molar-refractivity contribution in [1.82, 2.24) is 0 Å². The molecule has 0 heterocycles. The third-order valence-corrected chi connectivity index (χ3v) is 0. The monoisotopic (exact) mass is 176 g/mol. The Kier molecular flexibility index (Phi) is 5.67. The molecule has 0 radical (unpaired) electrons. The molecule has 0 saturated heterocycles. The maximum absolute atomic E-state index is 2.33. The minimum atomic E-state index is -0.611. The Bertz CT molecular complexity index is 50.2. The molecule has 0 aliphatic carbocycles. The fourth-order valence-electron chi connectivity index (χ4n) is 0. The van der Waals surface area contributed by atoms with Crippen molar-refractivity contribution in [3.63, 3.8) is 0 Å². The molecule has 2 heteroatoms. The van der Waals surface area contributed by atoms with Gasteiger partial charge in [0, 0.05) is 16.1 Å². The summed E-state index contributed by atoms with van der Waals surface area (Å²) in [6.45, 7) is 18.6. The lowest BCUT2D eigenvalue weighted by atomic mass is 11.8. The number of hydrogen-bond donors (Lipinski definition) is 0. The van der Waals surface area contributed by atoms with Gasteiger partial charge in [0.15, 0.2) is 0 Å². The standard InChI is InChI=1S/2C4H12Si/c2*1-5(2,3)4/h2*1-4H3. The Morgan fingerprint density at radius 2 is 0.400 bits per heavy atom. The van der Waals surface area contributed by atoms with Crippen molar-refractivity contribution >= 4 is 16.1 Å². The molecule has 0 nitrogen and oxygen atoms in total. The fraction of sp³-hybridized carbons (Fsp3) is 1.00. The molecule has 0 spiro atoms. The van der Waals surface area contributed by atoms with Gasteiger partial charge in [0.05, 0.1) is 0 Å². The van der Waals surface area contributed by atoms with Gasteiger partial charge in [-0.2, -0.15) is 0 Å². The highest BCUT2D eigenvalue weighted by molar-refractivity contribution is 6.75. The lowest BCUT2D eigenvalue weighted by molar-refractivity contribution is 1.71. The average Bonchev–Trinajstić information content (AvgIpc) is 1.12. The van der Waals surface area contributed by atoms with Crippen LogP contribution in [0.15, 0.2) is 0 Å². The fourth-order valence-corrected chi connectivity index (χ4v) is 0. The van der Waals surface area contributed by atoms with Gasteiger partial charge in [-0.15, -0.1) is 0 Å². The van der Waals surface area contributed by atoms with Crippen LogP contribution in [0.2, 0.25) is 52.4 Å². The summed E-state index contributed by atoms with van der Waals surface area (Å²) in [6.07, 6.45) is 0. The molecule has 0 unspecified atom stereocenters. The molecule has 0 rings (SSSR count). The van der Waals surface area contributed by atoms with E-state index >= 15 is 0 Å². The molecule has 0 aliphatic rings. The Labute approximate surface area is 69.1 Å². The first-order valence-corrected chi connectivity index (χ1v) is 12.0. The summed E-state index contributed by atoms with van der Waals surface area (Å²) in [7, 11) is -1.22. The van der Waals surface area contributed by atoms with Gasteiger partial charge in [0.25, 0.3) is 0 Å². The van der Waals surface area contributed by atoms with Crippen LogP contribution in [0.1, 0.15) is 0 Å². The SMILES string of the molecule is C[Si](C)(C)C.C[Si](C)(C)C. The van der Waals surface area contributed by atoms with Gasteiger partial charge in [-0.1, -0.05) is 52.4 Å². The van der Waals surface area contributed by atoms with E-state index in [0.29, 0.717) is 0 Å². The first-order valence-electron chi connectivity index (χ1n) is 4.00. The number of hydrogen-bond acceptors (Lipinski definition) is 0. The second kappa shape index (κ2) is 4.34. The Balaban J connectivity index is 0. The molecule has 0 aliphatic heterocycles. The van der Waals surface area contributed by atoms with Crippen molar-refractivity contribution < 1.29 is 0 Å². The molecular weight excluding hydrogens is 152 g/mol. The van der Waals surface area contributed by atoms with Gasteiger partial charge >= 0.3 is 0 Å². The van der Waals surface area contributed by atoms with Gasteiger partial charge in [0.2, 0.25) is 0 Å². The van der Waals surface area contributed by atoms with E-state index in [2.05, 4.69) is 52.4 Å². The molecular formula is C8H24Si2. The molecule has 0 N–H and O–H groups in total. The van der Waals surface area contributed by atoms with Crippen molar-refractivity contribution in [2.75, 3.05) is 0 Å². The summed E-state index contributed by atoms with van der Waals surface area (Å²) < 4.78 is 0. The minimum Gasteiger partial charge on any atom is -0.0697 e.